The third-order valence-corrected chi connectivity index (χ3v) is 5.80. The molecule has 0 saturated heterocycles. The molecule has 0 aliphatic heterocycles. The number of nitrogens with one attached hydrogen (secondary N) is 2. The normalized spacial score (nSPS) is 11.1. The average molecular weight is 437 g/mol. The number of carbonyl (C=O) groups excluding carboxylic acids is 1. The molecule has 0 aromatic heterocycles. The lowest BCUT2D eigenvalue weighted by molar-refractivity contribution is 0.102. The van der Waals surface area contributed by atoms with E-state index in [4.69, 9.17) is 23.2 Å². The number of carbonyl (C=O) groups is 1. The maximum absolute atomic E-state index is 12.5. The summed E-state index contributed by atoms with van der Waals surface area (Å²) in [5.41, 5.74) is 0.846. The van der Waals surface area contributed by atoms with Crippen molar-refractivity contribution in [3.63, 3.8) is 0 Å². The first-order chi connectivity index (χ1) is 13.2. The Morgan fingerprint density at radius 2 is 1.57 bits per heavy atom. The number of phenolic OH excluding ortho intramolecular Hbond substituents is 1. The van der Waals surface area contributed by atoms with Crippen molar-refractivity contribution in [1.82, 2.24) is 0 Å². The molecule has 0 fully saturated rings. The van der Waals surface area contributed by atoms with Gasteiger partial charge >= 0.3 is 0 Å². The van der Waals surface area contributed by atoms with Crippen LogP contribution in [-0.4, -0.2) is 19.4 Å². The molecule has 1 amide bonds. The van der Waals surface area contributed by atoms with Crippen LogP contribution in [0.25, 0.3) is 0 Å². The predicted octanol–water partition coefficient (Wildman–Crippen LogP) is 4.75. The first-order valence-corrected chi connectivity index (χ1v) is 10.2. The van der Waals surface area contributed by atoms with Gasteiger partial charge in [-0.05, 0) is 48.5 Å². The fourth-order valence-electron chi connectivity index (χ4n) is 2.37. The number of sulfonamides is 1. The zero-order valence-electron chi connectivity index (χ0n) is 14.2. The summed E-state index contributed by atoms with van der Waals surface area (Å²) in [5, 5.41) is 12.5. The van der Waals surface area contributed by atoms with Crippen molar-refractivity contribution in [2.45, 2.75) is 4.90 Å². The van der Waals surface area contributed by atoms with Crippen LogP contribution in [0.1, 0.15) is 10.4 Å². The molecule has 144 valence electrons. The van der Waals surface area contributed by atoms with Gasteiger partial charge in [-0.15, -0.1) is 0 Å². The molecule has 0 saturated carbocycles. The third-order valence-electron chi connectivity index (χ3n) is 3.68. The van der Waals surface area contributed by atoms with Gasteiger partial charge in [0.1, 0.15) is 5.75 Å². The molecule has 0 spiro atoms. The van der Waals surface area contributed by atoms with Crippen LogP contribution in [0.5, 0.6) is 5.75 Å². The minimum absolute atomic E-state index is 0.0148. The Balaban J connectivity index is 1.80. The second kappa shape index (κ2) is 8.10. The summed E-state index contributed by atoms with van der Waals surface area (Å²) in [7, 11) is -3.92. The third kappa shape index (κ3) is 4.75. The second-order valence-electron chi connectivity index (χ2n) is 5.77. The number of anilines is 2. The van der Waals surface area contributed by atoms with E-state index in [0.29, 0.717) is 5.69 Å². The van der Waals surface area contributed by atoms with Gasteiger partial charge < -0.3 is 10.4 Å². The quantitative estimate of drug-likeness (QED) is 0.537. The number of benzene rings is 3. The Kier molecular flexibility index (Phi) is 5.79. The zero-order chi connectivity index (χ0) is 20.3. The molecule has 0 unspecified atom stereocenters. The summed E-state index contributed by atoms with van der Waals surface area (Å²) in [6.45, 7) is 0. The summed E-state index contributed by atoms with van der Waals surface area (Å²) < 4.78 is 27.5. The van der Waals surface area contributed by atoms with Crippen LogP contribution in [0.4, 0.5) is 11.4 Å². The summed E-state index contributed by atoms with van der Waals surface area (Å²) in [4.78, 5) is 12.3. The molecule has 3 aromatic carbocycles. The van der Waals surface area contributed by atoms with E-state index in [1.165, 1.54) is 48.5 Å². The molecule has 3 rings (SSSR count). The first kappa shape index (κ1) is 20.0. The van der Waals surface area contributed by atoms with Crippen molar-refractivity contribution in [3.05, 3.63) is 82.3 Å². The summed E-state index contributed by atoms with van der Waals surface area (Å²) in [5.74, 6) is -0.442. The van der Waals surface area contributed by atoms with E-state index in [1.54, 1.807) is 18.2 Å². The maximum Gasteiger partial charge on any atom is 0.261 e. The van der Waals surface area contributed by atoms with Crippen molar-refractivity contribution >= 4 is 50.5 Å². The summed E-state index contributed by atoms with van der Waals surface area (Å²) in [6.07, 6.45) is 0. The van der Waals surface area contributed by atoms with Gasteiger partial charge in [-0.1, -0.05) is 35.3 Å². The minimum Gasteiger partial charge on any atom is -0.508 e. The molecule has 0 aliphatic rings. The predicted molar refractivity (Wildman–Crippen MR) is 110 cm³/mol. The summed E-state index contributed by atoms with van der Waals surface area (Å²) >= 11 is 11.7. The SMILES string of the molecule is O=C(Nc1cccc(O)c1)c1cccc(NS(=O)(=O)c2ccc(Cl)c(Cl)c2)c1. The van der Waals surface area contributed by atoms with E-state index in [2.05, 4.69) is 10.0 Å². The number of hydrogen-bond acceptors (Lipinski definition) is 4. The molecule has 6 nitrogen and oxygen atoms in total. The molecule has 0 atom stereocenters. The van der Waals surface area contributed by atoms with Crippen LogP contribution in [0.3, 0.4) is 0 Å². The average Bonchev–Trinajstić information content (AvgIpc) is 2.63. The molecule has 0 heterocycles. The van der Waals surface area contributed by atoms with Gasteiger partial charge in [-0.25, -0.2) is 8.42 Å². The van der Waals surface area contributed by atoms with Crippen LogP contribution >= 0.6 is 23.2 Å². The maximum atomic E-state index is 12.5. The monoisotopic (exact) mass is 436 g/mol. The standard InChI is InChI=1S/C19H14Cl2N2O4S/c20-17-8-7-16(11-18(17)21)28(26,27)23-14-5-1-3-12(9-14)19(25)22-13-4-2-6-15(24)10-13/h1-11,23-24H,(H,22,25). The van der Waals surface area contributed by atoms with E-state index in [-0.39, 0.29) is 31.9 Å². The Hall–Kier alpha value is -2.74. The first-order valence-electron chi connectivity index (χ1n) is 7.93. The van der Waals surface area contributed by atoms with Gasteiger partial charge in [0.05, 0.1) is 14.9 Å². The Morgan fingerprint density at radius 3 is 2.29 bits per heavy atom. The lowest BCUT2D eigenvalue weighted by atomic mass is 10.2. The molecular weight excluding hydrogens is 423 g/mol. The lowest BCUT2D eigenvalue weighted by Crippen LogP contribution is -2.15. The highest BCUT2D eigenvalue weighted by Gasteiger charge is 2.16. The highest BCUT2D eigenvalue weighted by Crippen LogP contribution is 2.26. The van der Waals surface area contributed by atoms with Crippen molar-refractivity contribution < 1.29 is 18.3 Å². The largest absolute Gasteiger partial charge is 0.508 e. The molecule has 0 bridgehead atoms. The highest BCUT2D eigenvalue weighted by molar-refractivity contribution is 7.92. The Bertz CT molecular complexity index is 1150. The van der Waals surface area contributed by atoms with E-state index in [0.717, 1.165) is 0 Å². The van der Waals surface area contributed by atoms with Gasteiger partial charge in [-0.2, -0.15) is 0 Å². The van der Waals surface area contributed by atoms with Crippen molar-refractivity contribution in [2.24, 2.45) is 0 Å². The van der Waals surface area contributed by atoms with Crippen molar-refractivity contribution in [2.75, 3.05) is 10.0 Å². The molecular formula is C19H14Cl2N2O4S. The number of phenols is 1. The van der Waals surface area contributed by atoms with Gasteiger partial charge in [-0.3, -0.25) is 9.52 Å². The van der Waals surface area contributed by atoms with Crippen LogP contribution in [0, 0.1) is 0 Å². The smallest absolute Gasteiger partial charge is 0.261 e. The van der Waals surface area contributed by atoms with Gasteiger partial charge in [0, 0.05) is 23.0 Å². The fourth-order valence-corrected chi connectivity index (χ4v) is 3.81. The van der Waals surface area contributed by atoms with Crippen LogP contribution in [0.15, 0.2) is 71.6 Å². The minimum atomic E-state index is -3.92. The number of amides is 1. The van der Waals surface area contributed by atoms with E-state index in [9.17, 15) is 18.3 Å². The number of halogens is 2. The van der Waals surface area contributed by atoms with Crippen molar-refractivity contribution in [3.8, 4) is 5.75 Å². The molecule has 3 N–H and O–H groups in total. The summed E-state index contributed by atoms with van der Waals surface area (Å²) in [6, 6.07) is 16.0. The lowest BCUT2D eigenvalue weighted by Gasteiger charge is -2.11. The highest BCUT2D eigenvalue weighted by atomic mass is 35.5. The molecule has 9 heteroatoms. The molecule has 28 heavy (non-hydrogen) atoms. The number of hydrogen-bond donors (Lipinski definition) is 3. The van der Waals surface area contributed by atoms with Gasteiger partial charge in [0.15, 0.2) is 0 Å². The van der Waals surface area contributed by atoms with E-state index < -0.39 is 15.9 Å². The van der Waals surface area contributed by atoms with Crippen LogP contribution in [-0.2, 0) is 10.0 Å². The fraction of sp³-hybridized carbons (Fsp3) is 0. The van der Waals surface area contributed by atoms with E-state index in [1.807, 2.05) is 0 Å². The van der Waals surface area contributed by atoms with Crippen LogP contribution < -0.4 is 10.0 Å². The van der Waals surface area contributed by atoms with Gasteiger partial charge in [0.2, 0.25) is 0 Å². The van der Waals surface area contributed by atoms with E-state index >= 15 is 0 Å². The molecule has 3 aromatic rings. The Labute approximate surface area is 171 Å². The number of aromatic hydroxyl groups is 1. The van der Waals surface area contributed by atoms with Crippen molar-refractivity contribution in [1.29, 1.82) is 0 Å². The molecule has 0 radical (unpaired) electrons. The van der Waals surface area contributed by atoms with Crippen LogP contribution in [0.2, 0.25) is 10.0 Å². The topological polar surface area (TPSA) is 95.5 Å². The Morgan fingerprint density at radius 1 is 0.857 bits per heavy atom. The molecule has 0 aliphatic carbocycles. The zero-order valence-corrected chi connectivity index (χ0v) is 16.5. The van der Waals surface area contributed by atoms with Gasteiger partial charge in [0.25, 0.3) is 15.9 Å². The number of rotatable bonds is 5. The second-order valence-corrected chi connectivity index (χ2v) is 8.26.